The molecule has 7 heteroatoms. The third-order valence-corrected chi connectivity index (χ3v) is 6.22. The molecular formula is C22H24FN3O2S. The highest BCUT2D eigenvalue weighted by molar-refractivity contribution is 7.22. The third kappa shape index (κ3) is 4.47. The molecule has 0 aliphatic carbocycles. The van der Waals surface area contributed by atoms with Crippen LogP contribution in [0.4, 0.5) is 9.52 Å². The van der Waals surface area contributed by atoms with Crippen molar-refractivity contribution in [3.63, 3.8) is 0 Å². The number of benzene rings is 2. The van der Waals surface area contributed by atoms with Gasteiger partial charge >= 0.3 is 0 Å². The van der Waals surface area contributed by atoms with Crippen LogP contribution in [0, 0.1) is 19.7 Å². The first kappa shape index (κ1) is 19.9. The first-order valence-corrected chi connectivity index (χ1v) is 10.6. The zero-order valence-corrected chi connectivity index (χ0v) is 17.5. The number of halogens is 1. The minimum absolute atomic E-state index is 0.0704. The van der Waals surface area contributed by atoms with E-state index >= 15 is 0 Å². The molecule has 2 aromatic carbocycles. The Kier molecular flexibility index (Phi) is 5.89. The fourth-order valence-corrected chi connectivity index (χ4v) is 4.48. The van der Waals surface area contributed by atoms with Crippen LogP contribution in [0.1, 0.15) is 21.5 Å². The largest absolute Gasteiger partial charge is 0.379 e. The summed E-state index contributed by atoms with van der Waals surface area (Å²) < 4.78 is 19.8. The first-order valence-electron chi connectivity index (χ1n) is 9.76. The van der Waals surface area contributed by atoms with Crippen LogP contribution in [0.5, 0.6) is 0 Å². The lowest BCUT2D eigenvalue weighted by Gasteiger charge is -2.29. The second-order valence-electron chi connectivity index (χ2n) is 7.34. The van der Waals surface area contributed by atoms with Gasteiger partial charge in [0.15, 0.2) is 5.13 Å². The molecule has 3 aromatic rings. The van der Waals surface area contributed by atoms with E-state index in [0.29, 0.717) is 36.0 Å². The fraction of sp³-hybridized carbons (Fsp3) is 0.364. The summed E-state index contributed by atoms with van der Waals surface area (Å²) in [5, 5.41) is 0.602. The summed E-state index contributed by atoms with van der Waals surface area (Å²) in [6.07, 6.45) is 0. The van der Waals surface area contributed by atoms with Crippen LogP contribution < -0.4 is 4.90 Å². The van der Waals surface area contributed by atoms with E-state index in [4.69, 9.17) is 4.74 Å². The molecule has 0 radical (unpaired) electrons. The molecule has 29 heavy (non-hydrogen) atoms. The molecule has 0 unspecified atom stereocenters. The number of rotatable bonds is 5. The number of carbonyl (C=O) groups is 1. The topological polar surface area (TPSA) is 45.7 Å². The third-order valence-electron chi connectivity index (χ3n) is 5.18. The summed E-state index contributed by atoms with van der Waals surface area (Å²) >= 11 is 1.35. The maximum Gasteiger partial charge on any atom is 0.260 e. The van der Waals surface area contributed by atoms with Crippen molar-refractivity contribution in [1.82, 2.24) is 9.88 Å². The number of fused-ring (bicyclic) bond motifs is 1. The Hall–Kier alpha value is -2.35. The molecule has 1 aliphatic rings. The number of ether oxygens (including phenoxy) is 1. The monoisotopic (exact) mass is 413 g/mol. The molecule has 1 aliphatic heterocycles. The Labute approximate surface area is 173 Å². The van der Waals surface area contributed by atoms with Crippen molar-refractivity contribution in [2.45, 2.75) is 13.8 Å². The van der Waals surface area contributed by atoms with E-state index < -0.39 is 0 Å². The van der Waals surface area contributed by atoms with E-state index in [0.717, 1.165) is 35.5 Å². The van der Waals surface area contributed by atoms with Crippen molar-refractivity contribution < 1.29 is 13.9 Å². The van der Waals surface area contributed by atoms with Gasteiger partial charge in [-0.05, 0) is 43.7 Å². The van der Waals surface area contributed by atoms with Gasteiger partial charge in [-0.1, -0.05) is 29.0 Å². The molecule has 0 atom stereocenters. The number of aromatic nitrogens is 1. The van der Waals surface area contributed by atoms with Gasteiger partial charge in [-0.3, -0.25) is 14.6 Å². The summed E-state index contributed by atoms with van der Waals surface area (Å²) in [5.74, 6) is -0.368. The van der Waals surface area contributed by atoms with Gasteiger partial charge in [-0.25, -0.2) is 9.37 Å². The Morgan fingerprint density at radius 2 is 2.00 bits per heavy atom. The molecule has 2 heterocycles. The minimum atomic E-state index is -0.298. The number of hydrogen-bond acceptors (Lipinski definition) is 5. The van der Waals surface area contributed by atoms with Crippen LogP contribution in [-0.4, -0.2) is 55.2 Å². The van der Waals surface area contributed by atoms with Crippen LogP contribution >= 0.6 is 11.3 Å². The molecular weight excluding hydrogens is 389 g/mol. The van der Waals surface area contributed by atoms with Crippen LogP contribution in [0.2, 0.25) is 0 Å². The summed E-state index contributed by atoms with van der Waals surface area (Å²) in [7, 11) is 0. The zero-order valence-electron chi connectivity index (χ0n) is 16.7. The van der Waals surface area contributed by atoms with Crippen molar-refractivity contribution in [3.05, 3.63) is 58.9 Å². The number of morpholine rings is 1. The number of amides is 1. The molecule has 0 spiro atoms. The van der Waals surface area contributed by atoms with Gasteiger partial charge in [0.25, 0.3) is 5.91 Å². The molecule has 152 valence electrons. The molecule has 0 bridgehead atoms. The predicted octanol–water partition coefficient (Wildman–Crippen LogP) is 4.03. The highest BCUT2D eigenvalue weighted by atomic mass is 32.1. The Morgan fingerprint density at radius 1 is 1.21 bits per heavy atom. The number of anilines is 1. The van der Waals surface area contributed by atoms with E-state index in [2.05, 4.69) is 9.88 Å². The number of hydrogen-bond donors (Lipinski definition) is 0. The predicted molar refractivity (Wildman–Crippen MR) is 114 cm³/mol. The average molecular weight is 414 g/mol. The molecule has 1 amide bonds. The molecule has 1 saturated heterocycles. The van der Waals surface area contributed by atoms with Gasteiger partial charge < -0.3 is 4.74 Å². The maximum absolute atomic E-state index is 13.6. The van der Waals surface area contributed by atoms with Gasteiger partial charge in [0.1, 0.15) is 5.82 Å². The zero-order chi connectivity index (χ0) is 20.4. The van der Waals surface area contributed by atoms with Crippen LogP contribution in [0.25, 0.3) is 10.2 Å². The Balaban J connectivity index is 1.67. The van der Waals surface area contributed by atoms with E-state index in [1.807, 2.05) is 32.0 Å². The number of carbonyl (C=O) groups excluding carboxylic acids is 1. The first-order chi connectivity index (χ1) is 14.0. The maximum atomic E-state index is 13.6. The van der Waals surface area contributed by atoms with Gasteiger partial charge in [0.2, 0.25) is 0 Å². The van der Waals surface area contributed by atoms with E-state index in [1.165, 1.54) is 23.5 Å². The lowest BCUT2D eigenvalue weighted by atomic mass is 10.0. The summed E-state index contributed by atoms with van der Waals surface area (Å²) in [4.78, 5) is 22.2. The lowest BCUT2D eigenvalue weighted by Crippen LogP contribution is -2.43. The van der Waals surface area contributed by atoms with Crippen molar-refractivity contribution >= 4 is 32.6 Å². The second-order valence-corrected chi connectivity index (χ2v) is 8.35. The standard InChI is InChI=1S/C22H24FN3O2S/c1-15-3-4-16(2)18(13-15)21(27)26(8-7-25-9-11-28-12-10-25)22-24-19-6-5-17(23)14-20(19)29-22/h3-6,13-14H,7-12H2,1-2H3. The Bertz CT molecular complexity index is 1030. The Morgan fingerprint density at radius 3 is 2.79 bits per heavy atom. The van der Waals surface area contributed by atoms with Gasteiger partial charge in [-0.15, -0.1) is 0 Å². The number of thiazole rings is 1. The van der Waals surface area contributed by atoms with Crippen molar-refractivity contribution in [2.24, 2.45) is 0 Å². The van der Waals surface area contributed by atoms with Gasteiger partial charge in [0, 0.05) is 31.7 Å². The SMILES string of the molecule is Cc1ccc(C)c(C(=O)N(CCN2CCOCC2)c2nc3ccc(F)cc3s2)c1. The smallest absolute Gasteiger partial charge is 0.260 e. The highest BCUT2D eigenvalue weighted by Gasteiger charge is 2.24. The van der Waals surface area contributed by atoms with Gasteiger partial charge in [0.05, 0.1) is 23.4 Å². The van der Waals surface area contributed by atoms with E-state index in [9.17, 15) is 9.18 Å². The van der Waals surface area contributed by atoms with Gasteiger partial charge in [-0.2, -0.15) is 0 Å². The van der Waals surface area contributed by atoms with Crippen LogP contribution in [0.3, 0.4) is 0 Å². The summed E-state index contributed by atoms with van der Waals surface area (Å²) in [6.45, 7) is 8.33. The molecule has 5 nitrogen and oxygen atoms in total. The van der Waals surface area contributed by atoms with Crippen molar-refractivity contribution in [1.29, 1.82) is 0 Å². The van der Waals surface area contributed by atoms with Crippen LogP contribution in [-0.2, 0) is 4.74 Å². The van der Waals surface area contributed by atoms with E-state index in [-0.39, 0.29) is 11.7 Å². The number of aryl methyl sites for hydroxylation is 2. The van der Waals surface area contributed by atoms with Crippen LogP contribution in [0.15, 0.2) is 36.4 Å². The molecule has 4 rings (SSSR count). The fourth-order valence-electron chi connectivity index (χ4n) is 3.46. The van der Waals surface area contributed by atoms with E-state index in [1.54, 1.807) is 11.0 Å². The van der Waals surface area contributed by atoms with Crippen molar-refractivity contribution in [3.8, 4) is 0 Å². The minimum Gasteiger partial charge on any atom is -0.379 e. The lowest BCUT2D eigenvalue weighted by molar-refractivity contribution is 0.0391. The summed E-state index contributed by atoms with van der Waals surface area (Å²) in [5.41, 5.74) is 3.36. The second kappa shape index (κ2) is 8.57. The average Bonchev–Trinajstić information content (AvgIpc) is 3.13. The normalized spacial score (nSPS) is 15.0. The highest BCUT2D eigenvalue weighted by Crippen LogP contribution is 2.30. The molecule has 0 N–H and O–H groups in total. The summed E-state index contributed by atoms with van der Waals surface area (Å²) in [6, 6.07) is 10.4. The number of nitrogens with zero attached hydrogens (tertiary/aromatic N) is 3. The molecule has 1 aromatic heterocycles. The van der Waals surface area contributed by atoms with Crippen molar-refractivity contribution in [2.75, 3.05) is 44.3 Å². The quantitative estimate of drug-likeness (QED) is 0.634. The molecule has 0 saturated carbocycles. The molecule has 1 fully saturated rings.